The van der Waals surface area contributed by atoms with E-state index in [2.05, 4.69) is 15.4 Å². The number of halogens is 1. The minimum atomic E-state index is -0.163. The van der Waals surface area contributed by atoms with Gasteiger partial charge in [0.05, 0.1) is 11.9 Å². The summed E-state index contributed by atoms with van der Waals surface area (Å²) < 4.78 is 1.76. The first kappa shape index (κ1) is 17.9. The quantitative estimate of drug-likeness (QED) is 0.845. The van der Waals surface area contributed by atoms with Gasteiger partial charge in [0.15, 0.2) is 0 Å². The zero-order valence-electron chi connectivity index (χ0n) is 14.2. The third kappa shape index (κ3) is 3.43. The molecule has 4 heterocycles. The van der Waals surface area contributed by atoms with Crippen LogP contribution in [0.1, 0.15) is 54.1 Å². The highest BCUT2D eigenvalue weighted by Gasteiger charge is 2.25. The van der Waals surface area contributed by atoms with E-state index in [1.165, 1.54) is 6.42 Å². The zero-order chi connectivity index (χ0) is 16.5. The molecule has 0 unspecified atom stereocenters. The fourth-order valence-electron chi connectivity index (χ4n) is 3.85. The SMILES string of the molecule is Cl.O=C(c1cnn2c(C3CCNCC3)cc(=O)[nH]c12)N1CCCCC1. The summed E-state index contributed by atoms with van der Waals surface area (Å²) in [5.41, 5.74) is 1.79. The second-order valence-electron chi connectivity index (χ2n) is 6.75. The molecular weight excluding hydrogens is 342 g/mol. The molecule has 1 amide bonds. The molecule has 0 atom stereocenters. The Kier molecular flexibility index (Phi) is 5.44. The first-order chi connectivity index (χ1) is 11.7. The van der Waals surface area contributed by atoms with Crippen molar-refractivity contribution in [3.63, 3.8) is 0 Å². The van der Waals surface area contributed by atoms with E-state index in [9.17, 15) is 9.59 Å². The molecule has 7 nitrogen and oxygen atoms in total. The molecule has 0 radical (unpaired) electrons. The Labute approximate surface area is 152 Å². The van der Waals surface area contributed by atoms with Gasteiger partial charge in [-0.05, 0) is 45.2 Å². The molecule has 25 heavy (non-hydrogen) atoms. The number of carbonyl (C=O) groups is 1. The minimum absolute atomic E-state index is 0. The summed E-state index contributed by atoms with van der Waals surface area (Å²) >= 11 is 0. The highest BCUT2D eigenvalue weighted by molar-refractivity contribution is 5.99. The van der Waals surface area contributed by atoms with Crippen molar-refractivity contribution in [1.29, 1.82) is 0 Å². The molecule has 0 spiro atoms. The largest absolute Gasteiger partial charge is 0.338 e. The van der Waals surface area contributed by atoms with Crippen LogP contribution in [0.5, 0.6) is 0 Å². The molecule has 0 saturated carbocycles. The Hall–Kier alpha value is -1.86. The number of hydrogen-bond donors (Lipinski definition) is 2. The number of amides is 1. The van der Waals surface area contributed by atoms with Crippen molar-refractivity contribution in [2.24, 2.45) is 0 Å². The van der Waals surface area contributed by atoms with Crippen molar-refractivity contribution in [3.05, 3.63) is 33.9 Å². The maximum absolute atomic E-state index is 12.8. The molecule has 2 saturated heterocycles. The van der Waals surface area contributed by atoms with E-state index in [-0.39, 0.29) is 23.9 Å². The fourth-order valence-corrected chi connectivity index (χ4v) is 3.85. The van der Waals surface area contributed by atoms with Gasteiger partial charge in [-0.3, -0.25) is 9.59 Å². The van der Waals surface area contributed by atoms with Crippen molar-refractivity contribution in [2.45, 2.75) is 38.0 Å². The van der Waals surface area contributed by atoms with Crippen LogP contribution in [0, 0.1) is 0 Å². The molecule has 2 aliphatic rings. The standard InChI is InChI=1S/C17H23N5O2.ClH/c23-15-10-14(12-4-6-18-7-5-12)22-16(20-15)13(11-19-22)17(24)21-8-2-1-3-9-21;/h10-12,18H,1-9H2,(H,20,23);1H. The van der Waals surface area contributed by atoms with Crippen LogP contribution >= 0.6 is 12.4 Å². The number of H-pyrrole nitrogens is 1. The summed E-state index contributed by atoms with van der Waals surface area (Å²) in [4.78, 5) is 29.7. The summed E-state index contributed by atoms with van der Waals surface area (Å²) in [5.74, 6) is 0.275. The topological polar surface area (TPSA) is 82.5 Å². The third-order valence-electron chi connectivity index (χ3n) is 5.17. The van der Waals surface area contributed by atoms with Crippen molar-refractivity contribution < 1.29 is 4.79 Å². The molecule has 2 aromatic rings. The Morgan fingerprint density at radius 3 is 2.60 bits per heavy atom. The fraction of sp³-hybridized carbons (Fsp3) is 0.588. The maximum Gasteiger partial charge on any atom is 0.259 e. The second kappa shape index (κ2) is 7.58. The lowest BCUT2D eigenvalue weighted by atomic mass is 9.94. The lowest BCUT2D eigenvalue weighted by molar-refractivity contribution is 0.0726. The lowest BCUT2D eigenvalue weighted by Gasteiger charge is -2.26. The van der Waals surface area contributed by atoms with E-state index in [0.717, 1.165) is 57.6 Å². The van der Waals surface area contributed by atoms with Gasteiger partial charge in [-0.25, -0.2) is 4.52 Å². The van der Waals surface area contributed by atoms with Gasteiger partial charge >= 0.3 is 0 Å². The molecule has 2 aliphatic heterocycles. The van der Waals surface area contributed by atoms with Crippen LogP contribution in [-0.2, 0) is 0 Å². The number of nitrogens with one attached hydrogen (secondary N) is 2. The highest BCUT2D eigenvalue weighted by atomic mass is 35.5. The monoisotopic (exact) mass is 365 g/mol. The number of rotatable bonds is 2. The van der Waals surface area contributed by atoms with Crippen LogP contribution in [0.4, 0.5) is 0 Å². The molecule has 2 fully saturated rings. The number of aromatic nitrogens is 3. The summed E-state index contributed by atoms with van der Waals surface area (Å²) in [6.07, 6.45) is 6.83. The average Bonchev–Trinajstić information content (AvgIpc) is 3.05. The van der Waals surface area contributed by atoms with Gasteiger partial charge in [0.25, 0.3) is 11.5 Å². The molecule has 0 bridgehead atoms. The number of aromatic amines is 1. The third-order valence-corrected chi connectivity index (χ3v) is 5.17. The number of carbonyl (C=O) groups excluding carboxylic acids is 1. The number of fused-ring (bicyclic) bond motifs is 1. The van der Waals surface area contributed by atoms with Gasteiger partial charge in [-0.1, -0.05) is 0 Å². The average molecular weight is 366 g/mol. The molecule has 8 heteroatoms. The van der Waals surface area contributed by atoms with Crippen LogP contribution < -0.4 is 10.9 Å². The van der Waals surface area contributed by atoms with Crippen molar-refractivity contribution in [3.8, 4) is 0 Å². The predicted molar refractivity (Wildman–Crippen MR) is 97.7 cm³/mol. The van der Waals surface area contributed by atoms with Gasteiger partial charge in [0.2, 0.25) is 0 Å². The van der Waals surface area contributed by atoms with Crippen LogP contribution in [0.3, 0.4) is 0 Å². The van der Waals surface area contributed by atoms with E-state index in [0.29, 0.717) is 17.1 Å². The molecule has 0 aromatic carbocycles. The van der Waals surface area contributed by atoms with E-state index in [1.54, 1.807) is 16.8 Å². The van der Waals surface area contributed by atoms with E-state index < -0.39 is 0 Å². The Balaban J connectivity index is 0.00000182. The van der Waals surface area contributed by atoms with Crippen molar-refractivity contribution >= 4 is 24.0 Å². The normalized spacial score (nSPS) is 19.0. The van der Waals surface area contributed by atoms with E-state index >= 15 is 0 Å². The van der Waals surface area contributed by atoms with E-state index in [1.807, 2.05) is 4.90 Å². The van der Waals surface area contributed by atoms with Crippen molar-refractivity contribution in [2.75, 3.05) is 26.2 Å². The predicted octanol–water partition coefficient (Wildman–Crippen LogP) is 1.54. The number of hydrogen-bond acceptors (Lipinski definition) is 4. The Morgan fingerprint density at radius 1 is 1.16 bits per heavy atom. The molecule has 0 aliphatic carbocycles. The molecule has 136 valence electrons. The smallest absolute Gasteiger partial charge is 0.259 e. The maximum atomic E-state index is 12.8. The number of likely N-dealkylation sites (tertiary alicyclic amines) is 1. The van der Waals surface area contributed by atoms with Crippen molar-refractivity contribution in [1.82, 2.24) is 24.8 Å². The minimum Gasteiger partial charge on any atom is -0.338 e. The number of piperidine rings is 2. The first-order valence-corrected chi connectivity index (χ1v) is 8.85. The summed E-state index contributed by atoms with van der Waals surface area (Å²) in [6, 6.07) is 1.63. The molecular formula is C17H24ClN5O2. The Morgan fingerprint density at radius 2 is 1.88 bits per heavy atom. The lowest BCUT2D eigenvalue weighted by Crippen LogP contribution is -2.35. The van der Waals surface area contributed by atoms with E-state index in [4.69, 9.17) is 0 Å². The first-order valence-electron chi connectivity index (χ1n) is 8.85. The van der Waals surface area contributed by atoms with Crippen LogP contribution in [0.2, 0.25) is 0 Å². The van der Waals surface area contributed by atoms with Gasteiger partial charge in [-0.2, -0.15) is 5.10 Å². The van der Waals surface area contributed by atoms with Crippen LogP contribution in [0.15, 0.2) is 17.1 Å². The summed E-state index contributed by atoms with van der Waals surface area (Å²) in [6.45, 7) is 3.46. The zero-order valence-corrected chi connectivity index (χ0v) is 15.0. The second-order valence-corrected chi connectivity index (χ2v) is 6.75. The highest BCUT2D eigenvalue weighted by Crippen LogP contribution is 2.25. The summed E-state index contributed by atoms with van der Waals surface area (Å²) in [7, 11) is 0. The van der Waals surface area contributed by atoms with Gasteiger partial charge in [0.1, 0.15) is 11.2 Å². The Bertz CT molecular complexity index is 803. The summed E-state index contributed by atoms with van der Waals surface area (Å²) in [5, 5.41) is 7.77. The van der Waals surface area contributed by atoms with Gasteiger partial charge < -0.3 is 15.2 Å². The molecule has 2 aromatic heterocycles. The van der Waals surface area contributed by atoms with Crippen LogP contribution in [-0.4, -0.2) is 51.6 Å². The van der Waals surface area contributed by atoms with Crippen LogP contribution in [0.25, 0.3) is 5.65 Å². The number of nitrogens with zero attached hydrogens (tertiary/aromatic N) is 3. The molecule has 2 N–H and O–H groups in total. The van der Waals surface area contributed by atoms with Gasteiger partial charge in [-0.15, -0.1) is 12.4 Å². The van der Waals surface area contributed by atoms with Gasteiger partial charge in [0, 0.05) is 25.1 Å². The molecule has 4 rings (SSSR count).